The molecule has 1 aromatic rings. The lowest BCUT2D eigenvalue weighted by molar-refractivity contribution is -0.125. The number of rotatable bonds is 1. The Balaban J connectivity index is 2.00. The third kappa shape index (κ3) is 2.72. The highest BCUT2D eigenvalue weighted by molar-refractivity contribution is 6.30. The first-order valence-corrected chi connectivity index (χ1v) is 5.84. The van der Waals surface area contributed by atoms with Crippen molar-refractivity contribution in [2.45, 2.75) is 0 Å². The van der Waals surface area contributed by atoms with Gasteiger partial charge in [0.25, 0.3) is 5.91 Å². The number of halogens is 1. The zero-order chi connectivity index (χ0) is 12.3. The summed E-state index contributed by atoms with van der Waals surface area (Å²) >= 11 is 5.95. The van der Waals surface area contributed by atoms with Gasteiger partial charge >= 0.3 is 0 Å². The fourth-order valence-corrected chi connectivity index (χ4v) is 2.12. The molecule has 1 aliphatic heterocycles. The number of amides is 1. The minimum atomic E-state index is -0.226. The lowest BCUT2D eigenvalue weighted by atomic mass is 10.2. The van der Waals surface area contributed by atoms with Crippen molar-refractivity contribution in [3.8, 4) is 12.3 Å². The van der Waals surface area contributed by atoms with Crippen LogP contribution in [0.3, 0.4) is 0 Å². The molecule has 0 aliphatic carbocycles. The maximum Gasteiger partial charge on any atom is 0.298 e. The van der Waals surface area contributed by atoms with E-state index in [1.54, 1.807) is 4.90 Å². The molecular weight excluding hydrogens is 236 g/mol. The number of anilines is 1. The van der Waals surface area contributed by atoms with E-state index in [2.05, 4.69) is 10.8 Å². The predicted octanol–water partition coefficient (Wildman–Crippen LogP) is 1.62. The summed E-state index contributed by atoms with van der Waals surface area (Å²) < 4.78 is 0. The molecular formula is C13H13ClN2O. The van der Waals surface area contributed by atoms with Crippen molar-refractivity contribution in [1.82, 2.24) is 4.90 Å². The number of piperazine rings is 1. The fraction of sp³-hybridized carbons (Fsp3) is 0.308. The van der Waals surface area contributed by atoms with Crippen LogP contribution in [-0.2, 0) is 4.79 Å². The van der Waals surface area contributed by atoms with Crippen LogP contribution in [0.25, 0.3) is 0 Å². The van der Waals surface area contributed by atoms with E-state index < -0.39 is 0 Å². The van der Waals surface area contributed by atoms with E-state index in [4.69, 9.17) is 18.0 Å². The number of hydrogen-bond donors (Lipinski definition) is 0. The number of carbonyl (C=O) groups is 1. The molecule has 1 fully saturated rings. The molecule has 0 atom stereocenters. The number of benzene rings is 1. The van der Waals surface area contributed by atoms with Gasteiger partial charge in [-0.15, -0.1) is 6.42 Å². The minimum absolute atomic E-state index is 0.226. The Morgan fingerprint density at radius 2 is 2.00 bits per heavy atom. The first-order chi connectivity index (χ1) is 8.20. The first-order valence-electron chi connectivity index (χ1n) is 5.47. The van der Waals surface area contributed by atoms with E-state index in [9.17, 15) is 4.79 Å². The summed E-state index contributed by atoms with van der Waals surface area (Å²) in [7, 11) is 0. The third-order valence-electron chi connectivity index (χ3n) is 2.86. The van der Waals surface area contributed by atoms with Crippen molar-refractivity contribution < 1.29 is 4.79 Å². The Bertz CT molecular complexity index is 459. The zero-order valence-electron chi connectivity index (χ0n) is 9.40. The van der Waals surface area contributed by atoms with Gasteiger partial charge in [-0.3, -0.25) is 4.79 Å². The Labute approximate surface area is 106 Å². The number of hydrogen-bond acceptors (Lipinski definition) is 2. The molecule has 0 bridgehead atoms. The summed E-state index contributed by atoms with van der Waals surface area (Å²) in [6.07, 6.45) is 5.10. The standard InChI is InChI=1S/C13H13ClN2O/c1-2-13(17)16-8-6-15(7-9-16)12-5-3-4-11(14)10-12/h1,3-5,10H,6-9H2. The van der Waals surface area contributed by atoms with Crippen molar-refractivity contribution in [2.24, 2.45) is 0 Å². The highest BCUT2D eigenvalue weighted by Gasteiger charge is 2.19. The van der Waals surface area contributed by atoms with Gasteiger partial charge in [-0.1, -0.05) is 17.7 Å². The molecule has 1 saturated heterocycles. The van der Waals surface area contributed by atoms with Crippen LogP contribution in [0.2, 0.25) is 5.02 Å². The zero-order valence-corrected chi connectivity index (χ0v) is 10.2. The lowest BCUT2D eigenvalue weighted by Crippen LogP contribution is -2.48. The second-order valence-electron chi connectivity index (χ2n) is 3.90. The summed E-state index contributed by atoms with van der Waals surface area (Å²) in [5, 5.41) is 0.727. The molecule has 88 valence electrons. The van der Waals surface area contributed by atoms with Gasteiger partial charge < -0.3 is 9.80 Å². The van der Waals surface area contributed by atoms with Crippen molar-refractivity contribution in [3.05, 3.63) is 29.3 Å². The van der Waals surface area contributed by atoms with Crippen LogP contribution in [0.4, 0.5) is 5.69 Å². The summed E-state index contributed by atoms with van der Waals surface area (Å²) in [6, 6.07) is 7.73. The second kappa shape index (κ2) is 5.11. The summed E-state index contributed by atoms with van der Waals surface area (Å²) in [4.78, 5) is 15.2. The van der Waals surface area contributed by atoms with E-state index in [0.29, 0.717) is 13.1 Å². The van der Waals surface area contributed by atoms with Crippen molar-refractivity contribution in [2.75, 3.05) is 31.1 Å². The van der Waals surface area contributed by atoms with Crippen molar-refractivity contribution in [3.63, 3.8) is 0 Å². The molecule has 4 heteroatoms. The van der Waals surface area contributed by atoms with Gasteiger partial charge in [0.1, 0.15) is 0 Å². The molecule has 0 N–H and O–H groups in total. The van der Waals surface area contributed by atoms with Crippen LogP contribution in [0.1, 0.15) is 0 Å². The van der Waals surface area contributed by atoms with E-state index in [0.717, 1.165) is 23.8 Å². The second-order valence-corrected chi connectivity index (χ2v) is 4.34. The van der Waals surface area contributed by atoms with Crippen LogP contribution in [0.15, 0.2) is 24.3 Å². The fourth-order valence-electron chi connectivity index (χ4n) is 1.93. The third-order valence-corrected chi connectivity index (χ3v) is 3.10. The highest BCUT2D eigenvalue weighted by Crippen LogP contribution is 2.20. The average Bonchev–Trinajstić information content (AvgIpc) is 2.38. The van der Waals surface area contributed by atoms with Crippen LogP contribution < -0.4 is 4.90 Å². The van der Waals surface area contributed by atoms with Crippen molar-refractivity contribution in [1.29, 1.82) is 0 Å². The summed E-state index contributed by atoms with van der Waals surface area (Å²) in [6.45, 7) is 2.90. The molecule has 0 aromatic heterocycles. The van der Waals surface area contributed by atoms with E-state index >= 15 is 0 Å². The number of terminal acetylenes is 1. The molecule has 1 aliphatic rings. The van der Waals surface area contributed by atoms with Crippen LogP contribution in [0, 0.1) is 12.3 Å². The predicted molar refractivity (Wildman–Crippen MR) is 69.1 cm³/mol. The molecule has 17 heavy (non-hydrogen) atoms. The maximum absolute atomic E-state index is 11.3. The molecule has 1 aromatic carbocycles. The van der Waals surface area contributed by atoms with E-state index in [1.807, 2.05) is 24.3 Å². The molecule has 0 spiro atoms. The molecule has 3 nitrogen and oxygen atoms in total. The molecule has 0 radical (unpaired) electrons. The van der Waals surface area contributed by atoms with Gasteiger partial charge in [-0.25, -0.2) is 0 Å². The summed E-state index contributed by atoms with van der Waals surface area (Å²) in [5.74, 6) is 1.92. The number of nitrogens with zero attached hydrogens (tertiary/aromatic N) is 2. The quantitative estimate of drug-likeness (QED) is 0.706. The first kappa shape index (κ1) is 11.8. The molecule has 2 rings (SSSR count). The number of carbonyl (C=O) groups excluding carboxylic acids is 1. The smallest absolute Gasteiger partial charge is 0.298 e. The van der Waals surface area contributed by atoms with Gasteiger partial charge in [-0.2, -0.15) is 0 Å². The van der Waals surface area contributed by atoms with Crippen LogP contribution >= 0.6 is 11.6 Å². The minimum Gasteiger partial charge on any atom is -0.368 e. The van der Waals surface area contributed by atoms with E-state index in [-0.39, 0.29) is 5.91 Å². The van der Waals surface area contributed by atoms with Gasteiger partial charge in [0.15, 0.2) is 0 Å². The molecule has 0 unspecified atom stereocenters. The average molecular weight is 249 g/mol. The monoisotopic (exact) mass is 248 g/mol. The Morgan fingerprint density at radius 3 is 2.59 bits per heavy atom. The highest BCUT2D eigenvalue weighted by atomic mass is 35.5. The molecule has 1 heterocycles. The summed E-state index contributed by atoms with van der Waals surface area (Å²) in [5.41, 5.74) is 1.09. The van der Waals surface area contributed by atoms with Gasteiger partial charge in [-0.05, 0) is 24.1 Å². The maximum atomic E-state index is 11.3. The van der Waals surface area contributed by atoms with Gasteiger partial charge in [0.05, 0.1) is 0 Å². The van der Waals surface area contributed by atoms with Crippen molar-refractivity contribution >= 4 is 23.2 Å². The van der Waals surface area contributed by atoms with Gasteiger partial charge in [0.2, 0.25) is 0 Å². The van der Waals surface area contributed by atoms with Crippen LogP contribution in [0.5, 0.6) is 0 Å². The Hall–Kier alpha value is -1.66. The SMILES string of the molecule is C#CC(=O)N1CCN(c2cccc(Cl)c2)CC1. The van der Waals surface area contributed by atoms with Gasteiger partial charge in [0, 0.05) is 36.9 Å². The molecule has 0 saturated carbocycles. The lowest BCUT2D eigenvalue weighted by Gasteiger charge is -2.35. The largest absolute Gasteiger partial charge is 0.368 e. The Kier molecular flexibility index (Phi) is 3.55. The molecule has 1 amide bonds. The Morgan fingerprint density at radius 1 is 1.29 bits per heavy atom. The van der Waals surface area contributed by atoms with Crippen LogP contribution in [-0.4, -0.2) is 37.0 Å². The topological polar surface area (TPSA) is 23.6 Å². The van der Waals surface area contributed by atoms with E-state index in [1.165, 1.54) is 0 Å². The normalized spacial score (nSPS) is 15.5.